The van der Waals surface area contributed by atoms with Gasteiger partial charge in [-0.25, -0.2) is 0 Å². The molecule has 3 aliphatic rings. The average molecular weight is 379 g/mol. The summed E-state index contributed by atoms with van der Waals surface area (Å²) in [4.78, 5) is 40.6. The predicted octanol–water partition coefficient (Wildman–Crippen LogP) is 3.08. The number of cyclic esters (lactones) is 1. The summed E-state index contributed by atoms with van der Waals surface area (Å²) < 4.78 is 10.9. The molecule has 1 aliphatic carbocycles. The lowest BCUT2D eigenvalue weighted by atomic mass is 9.57. The standard InChI is InChI=1S/C21H33NO5/c1-18(2,3)27-15(23)12-14-8-7-11-22(14)16(24)21-10-9-20(6,19(21,4)5)13-26-17(21)25/h14H,7-13H2,1-6H3/t14-,20-,21-/m0/s1. The van der Waals surface area contributed by atoms with E-state index in [1.54, 1.807) is 4.90 Å². The smallest absolute Gasteiger partial charge is 0.322 e. The Bertz CT molecular complexity index is 664. The largest absolute Gasteiger partial charge is 0.464 e. The normalized spacial score (nSPS) is 35.1. The van der Waals surface area contributed by atoms with Crippen LogP contribution in [0.5, 0.6) is 0 Å². The van der Waals surface area contributed by atoms with Crippen molar-refractivity contribution in [2.75, 3.05) is 13.2 Å². The minimum Gasteiger partial charge on any atom is -0.464 e. The van der Waals surface area contributed by atoms with Crippen molar-refractivity contribution in [2.24, 2.45) is 16.2 Å². The number of rotatable bonds is 3. The Morgan fingerprint density at radius 3 is 2.52 bits per heavy atom. The summed E-state index contributed by atoms with van der Waals surface area (Å²) in [5.74, 6) is -0.853. The molecule has 3 atom stereocenters. The van der Waals surface area contributed by atoms with Crippen LogP contribution in [0.1, 0.15) is 73.6 Å². The molecule has 0 N–H and O–H groups in total. The quantitative estimate of drug-likeness (QED) is 0.557. The molecule has 27 heavy (non-hydrogen) atoms. The number of esters is 2. The molecule has 0 aromatic heterocycles. The van der Waals surface area contributed by atoms with Crippen molar-refractivity contribution >= 4 is 17.8 Å². The van der Waals surface area contributed by atoms with Gasteiger partial charge in [-0.15, -0.1) is 0 Å². The summed E-state index contributed by atoms with van der Waals surface area (Å²) in [5.41, 5.74) is -2.37. The fourth-order valence-electron chi connectivity index (χ4n) is 5.16. The van der Waals surface area contributed by atoms with Gasteiger partial charge in [-0.1, -0.05) is 20.8 Å². The molecule has 0 aromatic rings. The van der Waals surface area contributed by atoms with Crippen LogP contribution in [-0.4, -0.2) is 47.5 Å². The van der Waals surface area contributed by atoms with Crippen LogP contribution in [0.15, 0.2) is 0 Å². The van der Waals surface area contributed by atoms with Gasteiger partial charge in [0.05, 0.1) is 13.0 Å². The molecule has 6 nitrogen and oxygen atoms in total. The Morgan fingerprint density at radius 2 is 1.89 bits per heavy atom. The van der Waals surface area contributed by atoms with E-state index < -0.39 is 22.4 Å². The first-order chi connectivity index (χ1) is 12.3. The van der Waals surface area contributed by atoms with Crippen molar-refractivity contribution in [1.29, 1.82) is 0 Å². The van der Waals surface area contributed by atoms with Gasteiger partial charge in [0.25, 0.3) is 0 Å². The Kier molecular flexibility index (Phi) is 4.64. The third-order valence-corrected chi connectivity index (χ3v) is 7.32. The minimum absolute atomic E-state index is 0.160. The number of ether oxygens (including phenoxy) is 2. The van der Waals surface area contributed by atoms with Crippen molar-refractivity contribution in [1.82, 2.24) is 4.90 Å². The molecule has 152 valence electrons. The summed E-state index contributed by atoms with van der Waals surface area (Å²) in [6, 6.07) is -0.209. The highest BCUT2D eigenvalue weighted by molar-refractivity contribution is 6.05. The van der Waals surface area contributed by atoms with Gasteiger partial charge in [0, 0.05) is 18.0 Å². The van der Waals surface area contributed by atoms with Crippen molar-refractivity contribution < 1.29 is 23.9 Å². The van der Waals surface area contributed by atoms with E-state index in [0.717, 1.165) is 19.3 Å². The lowest BCUT2D eigenvalue weighted by Gasteiger charge is -2.51. The van der Waals surface area contributed by atoms with E-state index in [1.807, 2.05) is 34.6 Å². The number of carbonyl (C=O) groups excluding carboxylic acids is 3. The highest BCUT2D eigenvalue weighted by Gasteiger charge is 2.72. The van der Waals surface area contributed by atoms with Gasteiger partial charge in [-0.05, 0) is 51.9 Å². The second-order valence-electron chi connectivity index (χ2n) is 10.3. The van der Waals surface area contributed by atoms with E-state index in [1.165, 1.54) is 0 Å². The molecule has 1 saturated carbocycles. The van der Waals surface area contributed by atoms with Crippen molar-refractivity contribution in [3.05, 3.63) is 0 Å². The van der Waals surface area contributed by atoms with Crippen LogP contribution < -0.4 is 0 Å². The maximum atomic E-state index is 13.7. The highest BCUT2D eigenvalue weighted by Crippen LogP contribution is 2.66. The fourth-order valence-corrected chi connectivity index (χ4v) is 5.16. The maximum absolute atomic E-state index is 13.7. The minimum atomic E-state index is -1.14. The third-order valence-electron chi connectivity index (χ3n) is 7.32. The lowest BCUT2D eigenvalue weighted by Crippen LogP contribution is -2.61. The molecule has 2 aliphatic heterocycles. The number of hydrogen-bond donors (Lipinski definition) is 0. The fraction of sp³-hybridized carbons (Fsp3) is 0.857. The second kappa shape index (κ2) is 6.21. The third kappa shape index (κ3) is 2.95. The van der Waals surface area contributed by atoms with Crippen molar-refractivity contribution in [3.63, 3.8) is 0 Å². The summed E-state index contributed by atoms with van der Waals surface area (Å²) in [6.07, 6.45) is 3.08. The van der Waals surface area contributed by atoms with E-state index in [-0.39, 0.29) is 29.8 Å². The molecule has 1 amide bonds. The molecular weight excluding hydrogens is 346 g/mol. The number of hydrogen-bond acceptors (Lipinski definition) is 5. The molecule has 2 saturated heterocycles. The van der Waals surface area contributed by atoms with Crippen LogP contribution in [0, 0.1) is 16.2 Å². The molecule has 0 aromatic carbocycles. The lowest BCUT2D eigenvalue weighted by molar-refractivity contribution is -0.193. The van der Waals surface area contributed by atoms with Gasteiger partial charge >= 0.3 is 11.9 Å². The first kappa shape index (κ1) is 20.2. The Balaban J connectivity index is 1.84. The van der Waals surface area contributed by atoms with Gasteiger partial charge in [0.2, 0.25) is 5.91 Å². The first-order valence-electron chi connectivity index (χ1n) is 10.0. The number of likely N-dealkylation sites (tertiary alicyclic amines) is 1. The molecule has 0 spiro atoms. The van der Waals surface area contributed by atoms with Crippen molar-refractivity contribution in [3.8, 4) is 0 Å². The van der Waals surface area contributed by atoms with E-state index in [0.29, 0.717) is 19.6 Å². The Labute approximate surface area is 161 Å². The summed E-state index contributed by atoms with van der Waals surface area (Å²) in [6.45, 7) is 12.6. The van der Waals surface area contributed by atoms with Gasteiger partial charge in [0.1, 0.15) is 5.60 Å². The zero-order valence-electron chi connectivity index (χ0n) is 17.5. The van der Waals surface area contributed by atoms with Gasteiger partial charge < -0.3 is 14.4 Å². The van der Waals surface area contributed by atoms with E-state index in [4.69, 9.17) is 9.47 Å². The molecule has 2 heterocycles. The Hall–Kier alpha value is -1.59. The van der Waals surface area contributed by atoms with Crippen LogP contribution in [0.4, 0.5) is 0 Å². The molecule has 6 heteroatoms. The number of carbonyl (C=O) groups is 3. The summed E-state index contributed by atoms with van der Waals surface area (Å²) in [5, 5.41) is 0. The zero-order valence-corrected chi connectivity index (χ0v) is 17.5. The van der Waals surface area contributed by atoms with Crippen LogP contribution in [-0.2, 0) is 23.9 Å². The van der Waals surface area contributed by atoms with E-state index in [9.17, 15) is 14.4 Å². The molecule has 2 bridgehead atoms. The second-order valence-corrected chi connectivity index (χ2v) is 10.3. The topological polar surface area (TPSA) is 72.9 Å². The van der Waals surface area contributed by atoms with Gasteiger partial charge in [-0.2, -0.15) is 0 Å². The monoisotopic (exact) mass is 379 g/mol. The van der Waals surface area contributed by atoms with E-state index in [2.05, 4.69) is 6.92 Å². The first-order valence-corrected chi connectivity index (χ1v) is 10.0. The predicted molar refractivity (Wildman–Crippen MR) is 99.7 cm³/mol. The SMILES string of the molecule is CC(C)(C)OC(=O)C[C@@H]1CCCN1C(=O)[C@@]12CC[C@@](C)(COC1=O)C2(C)C. The average Bonchev–Trinajstić information content (AvgIpc) is 3.00. The van der Waals surface area contributed by atoms with E-state index >= 15 is 0 Å². The van der Waals surface area contributed by atoms with Gasteiger partial charge in [-0.3, -0.25) is 14.4 Å². The summed E-state index contributed by atoms with van der Waals surface area (Å²) in [7, 11) is 0. The Morgan fingerprint density at radius 1 is 1.22 bits per heavy atom. The maximum Gasteiger partial charge on any atom is 0.322 e. The van der Waals surface area contributed by atoms with Crippen molar-refractivity contribution in [2.45, 2.75) is 85.3 Å². The molecule has 0 unspecified atom stereocenters. The van der Waals surface area contributed by atoms with Crippen LogP contribution in [0.3, 0.4) is 0 Å². The molecule has 3 rings (SSSR count). The molecular formula is C21H33NO5. The van der Waals surface area contributed by atoms with Crippen LogP contribution in [0.25, 0.3) is 0 Å². The van der Waals surface area contributed by atoms with Crippen LogP contribution >= 0.6 is 0 Å². The number of amides is 1. The number of fused-ring (bicyclic) bond motifs is 2. The zero-order chi connectivity index (χ0) is 20.3. The number of nitrogens with zero attached hydrogens (tertiary/aromatic N) is 1. The van der Waals surface area contributed by atoms with Gasteiger partial charge in [0.15, 0.2) is 5.41 Å². The summed E-state index contributed by atoms with van der Waals surface area (Å²) >= 11 is 0. The van der Waals surface area contributed by atoms with Crippen LogP contribution in [0.2, 0.25) is 0 Å². The highest BCUT2D eigenvalue weighted by atomic mass is 16.6. The molecule has 3 fully saturated rings. The molecule has 0 radical (unpaired) electrons.